The summed E-state index contributed by atoms with van der Waals surface area (Å²) in [4.78, 5) is 11.9. The van der Waals surface area contributed by atoms with Gasteiger partial charge in [0.25, 0.3) is 0 Å². The fourth-order valence-electron chi connectivity index (χ4n) is 2.45. The van der Waals surface area contributed by atoms with E-state index in [0.717, 1.165) is 12.8 Å². The molecule has 0 aromatic rings. The summed E-state index contributed by atoms with van der Waals surface area (Å²) >= 11 is 0. The Balaban J connectivity index is 2.33. The van der Waals surface area contributed by atoms with Crippen molar-refractivity contribution in [3.63, 3.8) is 0 Å². The minimum absolute atomic E-state index is 0.199. The molecule has 1 amide bonds. The number of rotatable bonds is 4. The van der Waals surface area contributed by atoms with Crippen LogP contribution in [-0.2, 0) is 4.79 Å². The summed E-state index contributed by atoms with van der Waals surface area (Å²) in [5.41, 5.74) is 5.99. The second-order valence-corrected chi connectivity index (χ2v) is 6.51. The molecule has 0 bridgehead atoms. The summed E-state index contributed by atoms with van der Waals surface area (Å²) in [5, 5.41) is 3.17. The number of carbonyl (C=O) groups is 1. The van der Waals surface area contributed by atoms with Crippen LogP contribution in [0.25, 0.3) is 0 Å². The van der Waals surface area contributed by atoms with Crippen LogP contribution < -0.4 is 11.1 Å². The molecule has 1 aliphatic rings. The third kappa shape index (κ3) is 5.53. The van der Waals surface area contributed by atoms with Crippen LogP contribution in [-0.4, -0.2) is 18.5 Å². The van der Waals surface area contributed by atoms with Gasteiger partial charge >= 0.3 is 0 Å². The Morgan fingerprint density at radius 3 is 2.53 bits per heavy atom. The zero-order valence-electron chi connectivity index (χ0n) is 11.6. The highest BCUT2D eigenvalue weighted by Crippen LogP contribution is 2.24. The second kappa shape index (κ2) is 6.39. The second-order valence-electron chi connectivity index (χ2n) is 6.51. The van der Waals surface area contributed by atoms with E-state index in [1.807, 2.05) is 0 Å². The van der Waals surface area contributed by atoms with E-state index in [1.165, 1.54) is 19.3 Å². The van der Waals surface area contributed by atoms with Crippen molar-refractivity contribution in [2.24, 2.45) is 17.1 Å². The first-order chi connectivity index (χ1) is 7.92. The van der Waals surface area contributed by atoms with E-state index < -0.39 is 0 Å². The van der Waals surface area contributed by atoms with Gasteiger partial charge in [-0.3, -0.25) is 4.79 Å². The van der Waals surface area contributed by atoms with E-state index >= 15 is 0 Å². The van der Waals surface area contributed by atoms with Gasteiger partial charge in [-0.1, -0.05) is 33.6 Å². The van der Waals surface area contributed by atoms with Crippen LogP contribution in [0.4, 0.5) is 0 Å². The molecule has 0 aromatic heterocycles. The van der Waals surface area contributed by atoms with Gasteiger partial charge in [0.15, 0.2) is 0 Å². The van der Waals surface area contributed by atoms with Crippen LogP contribution in [0.5, 0.6) is 0 Å². The van der Waals surface area contributed by atoms with Crippen LogP contribution in [0.1, 0.15) is 59.3 Å². The maximum Gasteiger partial charge on any atom is 0.220 e. The lowest BCUT2D eigenvalue weighted by Crippen LogP contribution is -2.44. The molecule has 100 valence electrons. The lowest BCUT2D eigenvalue weighted by Gasteiger charge is -2.31. The SMILES string of the molecule is CC(C)(C)CCC(=O)NC1CCCCC1CN. The van der Waals surface area contributed by atoms with Crippen LogP contribution >= 0.6 is 0 Å². The molecule has 1 fully saturated rings. The predicted octanol–water partition coefficient (Wildman–Crippen LogP) is 2.45. The highest BCUT2D eigenvalue weighted by atomic mass is 16.1. The van der Waals surface area contributed by atoms with E-state index in [1.54, 1.807) is 0 Å². The van der Waals surface area contributed by atoms with Crippen LogP contribution in [0.15, 0.2) is 0 Å². The Kier molecular flexibility index (Phi) is 5.44. The van der Waals surface area contributed by atoms with Crippen LogP contribution in [0.3, 0.4) is 0 Å². The van der Waals surface area contributed by atoms with Crippen molar-refractivity contribution in [1.29, 1.82) is 0 Å². The molecule has 1 rings (SSSR count). The molecule has 17 heavy (non-hydrogen) atoms. The topological polar surface area (TPSA) is 55.1 Å². The Morgan fingerprint density at radius 1 is 1.29 bits per heavy atom. The van der Waals surface area contributed by atoms with E-state index in [0.29, 0.717) is 24.9 Å². The quantitative estimate of drug-likeness (QED) is 0.793. The van der Waals surface area contributed by atoms with E-state index in [9.17, 15) is 4.79 Å². The maximum absolute atomic E-state index is 11.9. The number of hydrogen-bond acceptors (Lipinski definition) is 2. The van der Waals surface area contributed by atoms with Gasteiger partial charge < -0.3 is 11.1 Å². The standard InChI is InChI=1S/C14H28N2O/c1-14(2,3)9-8-13(17)16-12-7-5-4-6-11(12)10-15/h11-12H,4-10,15H2,1-3H3,(H,16,17). The number of nitrogens with one attached hydrogen (secondary N) is 1. The molecule has 1 aliphatic carbocycles. The summed E-state index contributed by atoms with van der Waals surface area (Å²) in [5.74, 6) is 0.688. The minimum atomic E-state index is 0.199. The molecule has 3 heteroatoms. The molecule has 2 atom stereocenters. The highest BCUT2D eigenvalue weighted by Gasteiger charge is 2.25. The zero-order valence-corrected chi connectivity index (χ0v) is 11.6. The van der Waals surface area contributed by atoms with Gasteiger partial charge in [0.2, 0.25) is 5.91 Å². The van der Waals surface area contributed by atoms with Crippen molar-refractivity contribution in [3.05, 3.63) is 0 Å². The van der Waals surface area contributed by atoms with Gasteiger partial charge in [0.1, 0.15) is 0 Å². The highest BCUT2D eigenvalue weighted by molar-refractivity contribution is 5.76. The first-order valence-electron chi connectivity index (χ1n) is 6.92. The molecule has 1 saturated carbocycles. The van der Waals surface area contributed by atoms with Crippen LogP contribution in [0.2, 0.25) is 0 Å². The van der Waals surface area contributed by atoms with Crippen molar-refractivity contribution >= 4 is 5.91 Å². The molecule has 0 aromatic carbocycles. The Labute approximate surface area is 106 Å². The minimum Gasteiger partial charge on any atom is -0.353 e. The average Bonchev–Trinajstić information content (AvgIpc) is 2.26. The van der Waals surface area contributed by atoms with Gasteiger partial charge in [0, 0.05) is 12.5 Å². The lowest BCUT2D eigenvalue weighted by atomic mass is 9.84. The van der Waals surface area contributed by atoms with Crippen molar-refractivity contribution in [1.82, 2.24) is 5.32 Å². The molecule has 0 radical (unpaired) electrons. The summed E-state index contributed by atoms with van der Waals surface area (Å²) in [6.45, 7) is 7.21. The predicted molar refractivity (Wildman–Crippen MR) is 71.6 cm³/mol. The van der Waals surface area contributed by atoms with Gasteiger partial charge in [-0.05, 0) is 37.1 Å². The average molecular weight is 240 g/mol. The van der Waals surface area contributed by atoms with Crippen LogP contribution in [0, 0.1) is 11.3 Å². The van der Waals surface area contributed by atoms with Gasteiger partial charge in [-0.25, -0.2) is 0 Å². The summed E-state index contributed by atoms with van der Waals surface area (Å²) in [6.07, 6.45) is 6.33. The van der Waals surface area contributed by atoms with E-state index in [-0.39, 0.29) is 11.3 Å². The Hall–Kier alpha value is -0.570. The van der Waals surface area contributed by atoms with Crippen molar-refractivity contribution in [2.45, 2.75) is 65.3 Å². The van der Waals surface area contributed by atoms with Crippen molar-refractivity contribution < 1.29 is 4.79 Å². The zero-order chi connectivity index (χ0) is 12.9. The largest absolute Gasteiger partial charge is 0.353 e. The van der Waals surface area contributed by atoms with Gasteiger partial charge in [-0.2, -0.15) is 0 Å². The fraction of sp³-hybridized carbons (Fsp3) is 0.929. The summed E-state index contributed by atoms with van der Waals surface area (Å²) in [7, 11) is 0. The normalized spacial score (nSPS) is 25.6. The lowest BCUT2D eigenvalue weighted by molar-refractivity contribution is -0.122. The first-order valence-corrected chi connectivity index (χ1v) is 6.92. The Morgan fingerprint density at radius 2 is 1.94 bits per heavy atom. The van der Waals surface area contributed by atoms with Gasteiger partial charge in [0.05, 0.1) is 0 Å². The summed E-state index contributed by atoms with van der Waals surface area (Å²) in [6, 6.07) is 0.321. The molecular weight excluding hydrogens is 212 g/mol. The number of amides is 1. The smallest absolute Gasteiger partial charge is 0.220 e. The Bertz CT molecular complexity index is 245. The molecule has 0 saturated heterocycles. The number of nitrogens with two attached hydrogens (primary N) is 1. The molecule has 0 aliphatic heterocycles. The van der Waals surface area contributed by atoms with Crippen molar-refractivity contribution in [2.75, 3.05) is 6.54 Å². The third-order valence-corrected chi connectivity index (χ3v) is 3.66. The third-order valence-electron chi connectivity index (χ3n) is 3.66. The van der Waals surface area contributed by atoms with Gasteiger partial charge in [-0.15, -0.1) is 0 Å². The van der Waals surface area contributed by atoms with Crippen molar-refractivity contribution in [3.8, 4) is 0 Å². The van der Waals surface area contributed by atoms with E-state index in [2.05, 4.69) is 26.1 Å². The molecular formula is C14H28N2O. The molecule has 3 nitrogen and oxygen atoms in total. The molecule has 2 unspecified atom stereocenters. The molecule has 0 spiro atoms. The monoisotopic (exact) mass is 240 g/mol. The first kappa shape index (κ1) is 14.5. The maximum atomic E-state index is 11.9. The van der Waals surface area contributed by atoms with E-state index in [4.69, 9.17) is 5.73 Å². The summed E-state index contributed by atoms with van der Waals surface area (Å²) < 4.78 is 0. The number of carbonyl (C=O) groups excluding carboxylic acids is 1. The molecule has 3 N–H and O–H groups in total. The molecule has 0 heterocycles. The fourth-order valence-corrected chi connectivity index (χ4v) is 2.45. The number of hydrogen-bond donors (Lipinski definition) is 2.